The molecule has 1 amide bonds. The fraction of sp³-hybridized carbons (Fsp3) is 0.143. The maximum atomic E-state index is 12.1. The highest BCUT2D eigenvalue weighted by Crippen LogP contribution is 2.32. The SMILES string of the molecule is O=C([O-])COc1ccc(/C=C2\SC(=S)N(CC(=O)[O-])C2=O)cc1. The van der Waals surface area contributed by atoms with Crippen LogP contribution in [0.2, 0.25) is 0 Å². The summed E-state index contributed by atoms with van der Waals surface area (Å²) in [5.74, 6) is -2.88. The molecule has 2 rings (SSSR count). The molecule has 0 aliphatic carbocycles. The van der Waals surface area contributed by atoms with Gasteiger partial charge in [0, 0.05) is 0 Å². The number of rotatable bonds is 6. The van der Waals surface area contributed by atoms with Crippen molar-refractivity contribution in [3.05, 3.63) is 34.7 Å². The Bertz CT molecular complexity index is 698. The number of hydrogen-bond donors (Lipinski definition) is 0. The van der Waals surface area contributed by atoms with E-state index in [1.165, 1.54) is 12.1 Å². The molecule has 7 nitrogen and oxygen atoms in total. The van der Waals surface area contributed by atoms with Crippen molar-refractivity contribution in [2.75, 3.05) is 13.2 Å². The number of amides is 1. The number of nitrogens with zero attached hydrogens (tertiary/aromatic N) is 1. The minimum Gasteiger partial charge on any atom is -0.548 e. The van der Waals surface area contributed by atoms with E-state index in [-0.39, 0.29) is 4.32 Å². The van der Waals surface area contributed by atoms with Crippen LogP contribution in [0.5, 0.6) is 5.75 Å². The van der Waals surface area contributed by atoms with Crippen molar-refractivity contribution >= 4 is 52.2 Å². The van der Waals surface area contributed by atoms with Crippen LogP contribution in [0, 0.1) is 0 Å². The summed E-state index contributed by atoms with van der Waals surface area (Å²) in [6.07, 6.45) is 1.55. The molecule has 1 fully saturated rings. The molecule has 0 bridgehead atoms. The van der Waals surface area contributed by atoms with E-state index < -0.39 is 31.0 Å². The molecule has 0 spiro atoms. The van der Waals surface area contributed by atoms with E-state index in [1.807, 2.05) is 0 Å². The summed E-state index contributed by atoms with van der Waals surface area (Å²) in [6, 6.07) is 6.32. The summed E-state index contributed by atoms with van der Waals surface area (Å²) < 4.78 is 5.09. The topological polar surface area (TPSA) is 110 Å². The van der Waals surface area contributed by atoms with Gasteiger partial charge in [0.25, 0.3) is 5.91 Å². The molecule has 1 aromatic carbocycles. The number of hydrogen-bond acceptors (Lipinski definition) is 8. The van der Waals surface area contributed by atoms with Gasteiger partial charge in [0.05, 0.1) is 23.4 Å². The zero-order valence-corrected chi connectivity index (χ0v) is 13.1. The number of ether oxygens (including phenoxy) is 1. The van der Waals surface area contributed by atoms with E-state index in [0.29, 0.717) is 16.2 Å². The zero-order chi connectivity index (χ0) is 17.0. The predicted octanol–water partition coefficient (Wildman–Crippen LogP) is -1.23. The first kappa shape index (κ1) is 17.0. The average molecular weight is 351 g/mol. The molecule has 0 atom stereocenters. The largest absolute Gasteiger partial charge is 0.548 e. The third-order valence-corrected chi connectivity index (χ3v) is 4.07. The van der Waals surface area contributed by atoms with Crippen molar-refractivity contribution in [3.63, 3.8) is 0 Å². The molecule has 0 radical (unpaired) electrons. The normalized spacial score (nSPS) is 16.0. The van der Waals surface area contributed by atoms with E-state index in [1.54, 1.807) is 18.2 Å². The Hall–Kier alpha value is -2.39. The second kappa shape index (κ2) is 7.25. The number of aliphatic carboxylic acids is 2. The molecule has 1 heterocycles. The van der Waals surface area contributed by atoms with Crippen LogP contribution in [-0.2, 0) is 14.4 Å². The van der Waals surface area contributed by atoms with Crippen molar-refractivity contribution in [3.8, 4) is 5.75 Å². The second-order valence-electron chi connectivity index (χ2n) is 4.37. The van der Waals surface area contributed by atoms with Gasteiger partial charge in [-0.15, -0.1) is 0 Å². The second-order valence-corrected chi connectivity index (χ2v) is 6.05. The Kier molecular flexibility index (Phi) is 5.35. The van der Waals surface area contributed by atoms with E-state index >= 15 is 0 Å². The van der Waals surface area contributed by atoms with Crippen LogP contribution in [0.4, 0.5) is 0 Å². The van der Waals surface area contributed by atoms with E-state index in [4.69, 9.17) is 17.0 Å². The van der Waals surface area contributed by atoms with Crippen molar-refractivity contribution in [1.82, 2.24) is 4.90 Å². The highest BCUT2D eigenvalue weighted by Gasteiger charge is 2.31. The smallest absolute Gasteiger partial charge is 0.266 e. The Balaban J connectivity index is 2.09. The molecule has 1 saturated heterocycles. The summed E-state index contributed by atoms with van der Waals surface area (Å²) in [4.78, 5) is 34.2. The van der Waals surface area contributed by atoms with Crippen molar-refractivity contribution < 1.29 is 29.3 Å². The summed E-state index contributed by atoms with van der Waals surface area (Å²) >= 11 is 5.96. The zero-order valence-electron chi connectivity index (χ0n) is 11.5. The summed E-state index contributed by atoms with van der Waals surface area (Å²) in [5.41, 5.74) is 0.653. The van der Waals surface area contributed by atoms with E-state index in [2.05, 4.69) is 0 Å². The van der Waals surface area contributed by atoms with Crippen LogP contribution >= 0.6 is 24.0 Å². The highest BCUT2D eigenvalue weighted by molar-refractivity contribution is 8.26. The first-order valence-corrected chi connectivity index (χ1v) is 7.47. The number of benzene rings is 1. The summed E-state index contributed by atoms with van der Waals surface area (Å²) in [6.45, 7) is -1.14. The first-order chi connectivity index (χ1) is 10.9. The van der Waals surface area contributed by atoms with Crippen LogP contribution in [0.15, 0.2) is 29.2 Å². The Morgan fingerprint density at radius 3 is 2.43 bits per heavy atom. The van der Waals surface area contributed by atoms with Gasteiger partial charge in [-0.05, 0) is 23.8 Å². The number of carbonyl (C=O) groups is 3. The predicted molar refractivity (Wildman–Crippen MR) is 81.8 cm³/mol. The van der Waals surface area contributed by atoms with Gasteiger partial charge in [0.2, 0.25) is 0 Å². The molecule has 0 N–H and O–H groups in total. The van der Waals surface area contributed by atoms with Crippen LogP contribution in [0.1, 0.15) is 5.56 Å². The van der Waals surface area contributed by atoms with Gasteiger partial charge in [0.15, 0.2) is 0 Å². The van der Waals surface area contributed by atoms with Gasteiger partial charge >= 0.3 is 0 Å². The van der Waals surface area contributed by atoms with Gasteiger partial charge in [-0.1, -0.05) is 36.1 Å². The molecule has 120 valence electrons. The lowest BCUT2D eigenvalue weighted by Crippen LogP contribution is -2.40. The number of carboxylic acids is 2. The maximum absolute atomic E-state index is 12.1. The van der Waals surface area contributed by atoms with E-state index in [9.17, 15) is 24.6 Å². The average Bonchev–Trinajstić information content (AvgIpc) is 2.74. The molecular weight excluding hydrogens is 342 g/mol. The maximum Gasteiger partial charge on any atom is 0.266 e. The third kappa shape index (κ3) is 4.54. The number of thiocarbonyl (C=S) groups is 1. The molecule has 23 heavy (non-hydrogen) atoms. The lowest BCUT2D eigenvalue weighted by Gasteiger charge is -2.14. The minimum atomic E-state index is -1.39. The Morgan fingerprint density at radius 1 is 1.22 bits per heavy atom. The monoisotopic (exact) mass is 351 g/mol. The standard InChI is InChI=1S/C14H11NO6S2/c16-11(17)6-15-13(20)10(23-14(15)22)5-8-1-3-9(4-2-8)21-7-12(18)19/h1-5H,6-7H2,(H,16,17)(H,18,19)/p-2/b10-5-. The van der Waals surface area contributed by atoms with Gasteiger partial charge in [-0.25, -0.2) is 0 Å². The Labute approximate surface area is 140 Å². The van der Waals surface area contributed by atoms with Crippen LogP contribution in [-0.4, -0.2) is 40.2 Å². The van der Waals surface area contributed by atoms with Gasteiger partial charge in [-0.2, -0.15) is 0 Å². The minimum absolute atomic E-state index is 0.152. The summed E-state index contributed by atoms with van der Waals surface area (Å²) in [5, 5.41) is 20.9. The van der Waals surface area contributed by atoms with E-state index in [0.717, 1.165) is 16.7 Å². The van der Waals surface area contributed by atoms with Crippen molar-refractivity contribution in [2.24, 2.45) is 0 Å². The van der Waals surface area contributed by atoms with Crippen molar-refractivity contribution in [2.45, 2.75) is 0 Å². The fourth-order valence-electron chi connectivity index (χ4n) is 1.72. The fourth-order valence-corrected chi connectivity index (χ4v) is 2.97. The van der Waals surface area contributed by atoms with Gasteiger partial charge in [-0.3, -0.25) is 9.69 Å². The molecule has 0 saturated carbocycles. The molecule has 0 aromatic heterocycles. The quantitative estimate of drug-likeness (QED) is 0.463. The molecule has 1 aliphatic rings. The molecule has 1 aromatic rings. The molecule has 1 aliphatic heterocycles. The third-order valence-electron chi connectivity index (χ3n) is 2.70. The lowest BCUT2D eigenvalue weighted by molar-refractivity contribution is -0.308. The number of carbonyl (C=O) groups excluding carboxylic acids is 3. The van der Waals surface area contributed by atoms with Gasteiger partial charge in [0.1, 0.15) is 16.7 Å². The molecule has 9 heteroatoms. The van der Waals surface area contributed by atoms with Crippen LogP contribution in [0.3, 0.4) is 0 Å². The Morgan fingerprint density at radius 2 is 1.87 bits per heavy atom. The lowest BCUT2D eigenvalue weighted by atomic mass is 10.2. The highest BCUT2D eigenvalue weighted by atomic mass is 32.2. The molecule has 0 unspecified atom stereocenters. The first-order valence-electron chi connectivity index (χ1n) is 6.25. The number of thioether (sulfide) groups is 1. The van der Waals surface area contributed by atoms with Gasteiger partial charge < -0.3 is 24.5 Å². The van der Waals surface area contributed by atoms with Crippen LogP contribution in [0.25, 0.3) is 6.08 Å². The van der Waals surface area contributed by atoms with Crippen molar-refractivity contribution in [1.29, 1.82) is 0 Å². The molecular formula is C14H9NO6S2-2. The summed E-state index contributed by atoms with van der Waals surface area (Å²) in [7, 11) is 0. The number of carboxylic acid groups (broad SMARTS) is 2. The van der Waals surface area contributed by atoms with Crippen LogP contribution < -0.4 is 14.9 Å².